The summed E-state index contributed by atoms with van der Waals surface area (Å²) in [5, 5.41) is 0. The molecule has 1 unspecified atom stereocenters. The van der Waals surface area contributed by atoms with Gasteiger partial charge < -0.3 is 4.90 Å². The summed E-state index contributed by atoms with van der Waals surface area (Å²) in [6.07, 6.45) is 3.33. The maximum atomic E-state index is 10.9. The lowest BCUT2D eigenvalue weighted by Gasteiger charge is -2.17. The van der Waals surface area contributed by atoms with E-state index in [1.165, 1.54) is 4.90 Å². The SMILES string of the molecule is CC1C=CN(C)C(=O)C1=O. The van der Waals surface area contributed by atoms with Gasteiger partial charge in [-0.15, -0.1) is 0 Å². The molecule has 1 atom stereocenters. The van der Waals surface area contributed by atoms with Crippen molar-refractivity contribution < 1.29 is 9.59 Å². The van der Waals surface area contributed by atoms with Crippen LogP contribution in [0.15, 0.2) is 12.3 Å². The van der Waals surface area contributed by atoms with Crippen molar-refractivity contribution in [1.29, 1.82) is 0 Å². The maximum Gasteiger partial charge on any atom is 0.294 e. The molecule has 0 aromatic carbocycles. The molecule has 1 heterocycles. The van der Waals surface area contributed by atoms with Gasteiger partial charge in [0.05, 0.1) is 0 Å². The zero-order valence-corrected chi connectivity index (χ0v) is 6.00. The monoisotopic (exact) mass is 139 g/mol. The summed E-state index contributed by atoms with van der Waals surface area (Å²) in [6, 6.07) is 0. The molecular weight excluding hydrogens is 130 g/mol. The summed E-state index contributed by atoms with van der Waals surface area (Å²) >= 11 is 0. The standard InChI is InChI=1S/C7H9NO2/c1-5-3-4-8(2)7(10)6(5)9/h3-5H,1-2H3. The summed E-state index contributed by atoms with van der Waals surface area (Å²) in [4.78, 5) is 23.0. The van der Waals surface area contributed by atoms with Crippen LogP contribution in [0.4, 0.5) is 0 Å². The maximum absolute atomic E-state index is 10.9. The Balaban J connectivity index is 2.89. The molecule has 1 aliphatic rings. The van der Waals surface area contributed by atoms with Crippen LogP contribution < -0.4 is 0 Å². The number of Topliss-reactive ketones (excluding diaryl/α,β-unsaturated/α-hetero) is 1. The van der Waals surface area contributed by atoms with Crippen molar-refractivity contribution in [3.63, 3.8) is 0 Å². The lowest BCUT2D eigenvalue weighted by atomic mass is 10.0. The van der Waals surface area contributed by atoms with Gasteiger partial charge in [-0.3, -0.25) is 9.59 Å². The van der Waals surface area contributed by atoms with E-state index in [1.54, 1.807) is 26.2 Å². The van der Waals surface area contributed by atoms with Gasteiger partial charge in [-0.05, 0) is 0 Å². The molecule has 1 amide bonds. The van der Waals surface area contributed by atoms with E-state index in [1.807, 2.05) is 0 Å². The largest absolute Gasteiger partial charge is 0.316 e. The molecule has 0 saturated heterocycles. The van der Waals surface area contributed by atoms with Crippen LogP contribution in [-0.4, -0.2) is 23.6 Å². The van der Waals surface area contributed by atoms with Gasteiger partial charge in [-0.1, -0.05) is 13.0 Å². The van der Waals surface area contributed by atoms with E-state index in [-0.39, 0.29) is 11.7 Å². The molecule has 1 aliphatic heterocycles. The van der Waals surface area contributed by atoms with Gasteiger partial charge in [0.25, 0.3) is 5.91 Å². The number of likely N-dealkylation sites (N-methyl/N-ethyl adjacent to an activating group) is 1. The topological polar surface area (TPSA) is 37.4 Å². The number of allylic oxidation sites excluding steroid dienone is 1. The Morgan fingerprint density at radius 3 is 2.60 bits per heavy atom. The van der Waals surface area contributed by atoms with E-state index in [4.69, 9.17) is 0 Å². The first-order chi connectivity index (χ1) is 4.63. The molecule has 0 spiro atoms. The molecule has 0 aromatic heterocycles. The Morgan fingerprint density at radius 2 is 2.10 bits per heavy atom. The van der Waals surface area contributed by atoms with Gasteiger partial charge in [-0.25, -0.2) is 0 Å². The van der Waals surface area contributed by atoms with Crippen LogP contribution in [0.3, 0.4) is 0 Å². The molecule has 1 rings (SSSR count). The summed E-state index contributed by atoms with van der Waals surface area (Å²) in [5.74, 6) is -0.997. The minimum atomic E-state index is -0.421. The minimum absolute atomic E-state index is 0.247. The zero-order chi connectivity index (χ0) is 7.72. The lowest BCUT2D eigenvalue weighted by molar-refractivity contribution is -0.144. The molecule has 0 bridgehead atoms. The molecule has 3 nitrogen and oxygen atoms in total. The summed E-state index contributed by atoms with van der Waals surface area (Å²) in [7, 11) is 1.57. The second kappa shape index (κ2) is 2.25. The predicted molar refractivity (Wildman–Crippen MR) is 36.1 cm³/mol. The molecule has 0 N–H and O–H groups in total. The third kappa shape index (κ3) is 0.943. The highest BCUT2D eigenvalue weighted by atomic mass is 16.2. The van der Waals surface area contributed by atoms with E-state index in [0.29, 0.717) is 0 Å². The smallest absolute Gasteiger partial charge is 0.294 e. The Morgan fingerprint density at radius 1 is 1.50 bits per heavy atom. The molecular formula is C7H9NO2. The van der Waals surface area contributed by atoms with Gasteiger partial charge in [0.2, 0.25) is 5.78 Å². The Kier molecular flexibility index (Phi) is 1.57. The molecule has 54 valence electrons. The van der Waals surface area contributed by atoms with Crippen LogP contribution in [0.5, 0.6) is 0 Å². The van der Waals surface area contributed by atoms with E-state index in [9.17, 15) is 9.59 Å². The fourth-order valence-corrected chi connectivity index (χ4v) is 0.782. The second-order valence-corrected chi connectivity index (χ2v) is 2.41. The van der Waals surface area contributed by atoms with Crippen molar-refractivity contribution in [2.45, 2.75) is 6.92 Å². The van der Waals surface area contributed by atoms with Crippen molar-refractivity contribution in [3.8, 4) is 0 Å². The van der Waals surface area contributed by atoms with Crippen LogP contribution >= 0.6 is 0 Å². The quantitative estimate of drug-likeness (QED) is 0.449. The van der Waals surface area contributed by atoms with Gasteiger partial charge in [-0.2, -0.15) is 0 Å². The first-order valence-electron chi connectivity index (χ1n) is 3.12. The molecule has 10 heavy (non-hydrogen) atoms. The highest BCUT2D eigenvalue weighted by molar-refractivity contribution is 6.37. The number of hydrogen-bond acceptors (Lipinski definition) is 2. The number of carbonyl (C=O) groups is 2. The molecule has 0 radical (unpaired) electrons. The third-order valence-electron chi connectivity index (χ3n) is 1.54. The Hall–Kier alpha value is -1.12. The van der Waals surface area contributed by atoms with Gasteiger partial charge >= 0.3 is 0 Å². The van der Waals surface area contributed by atoms with Gasteiger partial charge in [0.1, 0.15) is 0 Å². The molecule has 0 aliphatic carbocycles. The fourth-order valence-electron chi connectivity index (χ4n) is 0.782. The van der Waals surface area contributed by atoms with Crippen LogP contribution in [0.1, 0.15) is 6.92 Å². The average molecular weight is 139 g/mol. The molecule has 3 heteroatoms. The van der Waals surface area contributed by atoms with Crippen molar-refractivity contribution in [3.05, 3.63) is 12.3 Å². The fraction of sp³-hybridized carbons (Fsp3) is 0.429. The lowest BCUT2D eigenvalue weighted by Crippen LogP contribution is -2.35. The predicted octanol–water partition coefficient (Wildman–Crippen LogP) is 0.177. The van der Waals surface area contributed by atoms with Crippen LogP contribution in [0.2, 0.25) is 0 Å². The zero-order valence-electron chi connectivity index (χ0n) is 6.00. The van der Waals surface area contributed by atoms with Crippen LogP contribution in [0, 0.1) is 5.92 Å². The van der Waals surface area contributed by atoms with Crippen molar-refractivity contribution in [1.82, 2.24) is 4.90 Å². The van der Waals surface area contributed by atoms with Crippen molar-refractivity contribution >= 4 is 11.7 Å². The number of hydrogen-bond donors (Lipinski definition) is 0. The Labute approximate surface area is 59.3 Å². The number of rotatable bonds is 0. The highest BCUT2D eigenvalue weighted by Gasteiger charge is 2.25. The highest BCUT2D eigenvalue weighted by Crippen LogP contribution is 2.08. The number of carbonyl (C=O) groups excluding carboxylic acids is 2. The van der Waals surface area contributed by atoms with E-state index in [2.05, 4.69) is 0 Å². The first kappa shape index (κ1) is 6.99. The van der Waals surface area contributed by atoms with E-state index >= 15 is 0 Å². The van der Waals surface area contributed by atoms with Crippen molar-refractivity contribution in [2.24, 2.45) is 5.92 Å². The second-order valence-electron chi connectivity index (χ2n) is 2.41. The number of ketones is 1. The van der Waals surface area contributed by atoms with Gasteiger partial charge in [0.15, 0.2) is 0 Å². The summed E-state index contributed by atoms with van der Waals surface area (Å²) in [5.41, 5.74) is 0. The summed E-state index contributed by atoms with van der Waals surface area (Å²) in [6.45, 7) is 1.71. The minimum Gasteiger partial charge on any atom is -0.316 e. The van der Waals surface area contributed by atoms with Crippen molar-refractivity contribution in [2.75, 3.05) is 7.05 Å². The molecule has 0 saturated carbocycles. The normalized spacial score (nSPS) is 25.8. The van der Waals surface area contributed by atoms with Crippen LogP contribution in [0.25, 0.3) is 0 Å². The molecule has 0 fully saturated rings. The Bertz CT molecular complexity index is 186. The van der Waals surface area contributed by atoms with Crippen LogP contribution in [-0.2, 0) is 9.59 Å². The average Bonchev–Trinajstić information content (AvgIpc) is 1.93. The summed E-state index contributed by atoms with van der Waals surface area (Å²) < 4.78 is 0. The first-order valence-corrected chi connectivity index (χ1v) is 3.12. The number of nitrogens with zero attached hydrogens (tertiary/aromatic N) is 1. The van der Waals surface area contributed by atoms with E-state index < -0.39 is 5.91 Å². The number of amides is 1. The van der Waals surface area contributed by atoms with Gasteiger partial charge in [0, 0.05) is 19.2 Å². The van der Waals surface area contributed by atoms with E-state index in [0.717, 1.165) is 0 Å². The third-order valence-corrected chi connectivity index (χ3v) is 1.54. The molecule has 0 aromatic rings.